The van der Waals surface area contributed by atoms with Crippen LogP contribution in [-0.2, 0) is 19.1 Å². The second kappa shape index (κ2) is 39.8. The normalized spacial score (nSPS) is 13.0. The lowest BCUT2D eigenvalue weighted by molar-refractivity contribution is -0.161. The predicted molar refractivity (Wildman–Crippen MR) is 210 cm³/mol. The Morgan fingerprint density at radius 1 is 0.490 bits per heavy atom. The number of allylic oxidation sites excluding steroid dienone is 12. The fourth-order valence-electron chi connectivity index (χ4n) is 5.26. The summed E-state index contributed by atoms with van der Waals surface area (Å²) in [6, 6.07) is 0. The molecular formula is C44H74O5. The third-order valence-corrected chi connectivity index (χ3v) is 8.26. The molecule has 0 saturated heterocycles. The van der Waals surface area contributed by atoms with Gasteiger partial charge < -0.3 is 14.6 Å². The molecule has 1 atom stereocenters. The van der Waals surface area contributed by atoms with E-state index in [9.17, 15) is 14.7 Å². The number of carbonyl (C=O) groups is 2. The molecule has 0 aromatic heterocycles. The SMILES string of the molecule is CC/C=C\C/C=C\C/C=C\C/C=C\C/C=C\C/C=C\CCCCCCCCCCC(=O)OC(CO)COC(=O)CCCCCCCCCC. The van der Waals surface area contributed by atoms with Gasteiger partial charge in [0.1, 0.15) is 6.61 Å². The minimum Gasteiger partial charge on any atom is -0.462 e. The van der Waals surface area contributed by atoms with Crippen molar-refractivity contribution in [3.05, 3.63) is 72.9 Å². The summed E-state index contributed by atoms with van der Waals surface area (Å²) in [5.41, 5.74) is 0. The molecule has 0 radical (unpaired) electrons. The quantitative estimate of drug-likeness (QED) is 0.0409. The third kappa shape index (κ3) is 38.0. The molecule has 0 saturated carbocycles. The summed E-state index contributed by atoms with van der Waals surface area (Å²) in [5, 5.41) is 9.52. The van der Waals surface area contributed by atoms with Gasteiger partial charge in [-0.2, -0.15) is 0 Å². The maximum atomic E-state index is 12.1. The van der Waals surface area contributed by atoms with Crippen molar-refractivity contribution in [1.82, 2.24) is 0 Å². The summed E-state index contributed by atoms with van der Waals surface area (Å²) >= 11 is 0. The summed E-state index contributed by atoms with van der Waals surface area (Å²) in [4.78, 5) is 24.1. The summed E-state index contributed by atoms with van der Waals surface area (Å²) in [7, 11) is 0. The van der Waals surface area contributed by atoms with E-state index in [4.69, 9.17) is 9.47 Å². The van der Waals surface area contributed by atoms with Gasteiger partial charge in [-0.05, 0) is 64.2 Å². The lowest BCUT2D eigenvalue weighted by Crippen LogP contribution is -2.28. The Labute approximate surface area is 302 Å². The molecule has 0 rings (SSSR count). The van der Waals surface area contributed by atoms with Crippen LogP contribution >= 0.6 is 0 Å². The van der Waals surface area contributed by atoms with Crippen LogP contribution in [-0.4, -0.2) is 36.4 Å². The van der Waals surface area contributed by atoms with Gasteiger partial charge >= 0.3 is 11.9 Å². The topological polar surface area (TPSA) is 72.8 Å². The minimum absolute atomic E-state index is 0.0712. The molecule has 0 bridgehead atoms. The van der Waals surface area contributed by atoms with Crippen molar-refractivity contribution in [1.29, 1.82) is 0 Å². The fraction of sp³-hybridized carbons (Fsp3) is 0.682. The molecule has 49 heavy (non-hydrogen) atoms. The Hall–Kier alpha value is -2.66. The number of unbranched alkanes of at least 4 members (excludes halogenated alkanes) is 15. The molecule has 0 amide bonds. The summed E-state index contributed by atoms with van der Waals surface area (Å²) in [6.45, 7) is 3.97. The van der Waals surface area contributed by atoms with Crippen molar-refractivity contribution in [2.24, 2.45) is 0 Å². The average Bonchev–Trinajstić information content (AvgIpc) is 3.10. The van der Waals surface area contributed by atoms with Gasteiger partial charge in [-0.25, -0.2) is 0 Å². The Morgan fingerprint density at radius 2 is 0.878 bits per heavy atom. The largest absolute Gasteiger partial charge is 0.462 e. The highest BCUT2D eigenvalue weighted by atomic mass is 16.6. The molecule has 1 unspecified atom stereocenters. The highest BCUT2D eigenvalue weighted by Crippen LogP contribution is 2.13. The van der Waals surface area contributed by atoms with Crippen molar-refractivity contribution in [3.8, 4) is 0 Å². The Kier molecular flexibility index (Phi) is 37.6. The molecule has 0 aromatic carbocycles. The van der Waals surface area contributed by atoms with Gasteiger partial charge in [-0.3, -0.25) is 9.59 Å². The zero-order valence-corrected chi connectivity index (χ0v) is 31.7. The van der Waals surface area contributed by atoms with E-state index < -0.39 is 6.10 Å². The number of esters is 2. The van der Waals surface area contributed by atoms with Gasteiger partial charge in [0.2, 0.25) is 0 Å². The van der Waals surface area contributed by atoms with E-state index in [0.717, 1.165) is 83.5 Å². The van der Waals surface area contributed by atoms with Crippen molar-refractivity contribution in [3.63, 3.8) is 0 Å². The van der Waals surface area contributed by atoms with E-state index in [1.165, 1.54) is 64.2 Å². The summed E-state index contributed by atoms with van der Waals surface area (Å²) in [5.74, 6) is -0.609. The average molecular weight is 683 g/mol. The first kappa shape index (κ1) is 46.3. The van der Waals surface area contributed by atoms with E-state index in [2.05, 4.69) is 86.8 Å². The molecule has 0 aromatic rings. The lowest BCUT2D eigenvalue weighted by atomic mass is 10.1. The Bertz CT molecular complexity index is 910. The first-order valence-electron chi connectivity index (χ1n) is 20.0. The van der Waals surface area contributed by atoms with Crippen LogP contribution in [0.4, 0.5) is 0 Å². The van der Waals surface area contributed by atoms with Crippen LogP contribution in [0, 0.1) is 0 Å². The molecule has 0 aliphatic carbocycles. The van der Waals surface area contributed by atoms with Crippen LogP contribution in [0.15, 0.2) is 72.9 Å². The van der Waals surface area contributed by atoms with Crippen LogP contribution in [0.2, 0.25) is 0 Å². The molecule has 0 heterocycles. The molecular weight excluding hydrogens is 608 g/mol. The highest BCUT2D eigenvalue weighted by molar-refractivity contribution is 5.70. The Balaban J connectivity index is 3.58. The number of rotatable bonds is 35. The zero-order chi connectivity index (χ0) is 35.7. The molecule has 1 N–H and O–H groups in total. The number of hydrogen-bond acceptors (Lipinski definition) is 5. The monoisotopic (exact) mass is 683 g/mol. The molecule has 5 nitrogen and oxygen atoms in total. The van der Waals surface area contributed by atoms with Crippen LogP contribution in [0.3, 0.4) is 0 Å². The first-order valence-corrected chi connectivity index (χ1v) is 20.0. The van der Waals surface area contributed by atoms with Gasteiger partial charge in [0, 0.05) is 12.8 Å². The standard InChI is InChI=1S/C44H74O5/c1-3-5-7-9-11-13-14-15-16-17-18-19-20-21-22-23-24-25-26-27-28-29-30-31-33-35-37-39-44(47)49-42(40-45)41-48-43(46)38-36-34-32-12-10-8-6-4-2/h5,7,11,13,15-16,18-19,21-22,24-25,42,45H,3-4,6,8-10,12,14,17,20,23,26-41H2,1-2H3/b7-5-,13-11-,16-15-,19-18-,22-21-,25-24-. The van der Waals surface area contributed by atoms with E-state index in [-0.39, 0.29) is 25.2 Å². The number of aliphatic hydroxyl groups is 1. The smallest absolute Gasteiger partial charge is 0.306 e. The van der Waals surface area contributed by atoms with Gasteiger partial charge in [0.25, 0.3) is 0 Å². The van der Waals surface area contributed by atoms with E-state index >= 15 is 0 Å². The van der Waals surface area contributed by atoms with Gasteiger partial charge in [-0.1, -0.05) is 170 Å². The van der Waals surface area contributed by atoms with Crippen LogP contribution in [0.5, 0.6) is 0 Å². The molecule has 0 fully saturated rings. The first-order chi connectivity index (χ1) is 24.1. The maximum Gasteiger partial charge on any atom is 0.306 e. The van der Waals surface area contributed by atoms with Crippen molar-refractivity contribution in [2.45, 2.75) is 180 Å². The summed E-state index contributed by atoms with van der Waals surface area (Å²) in [6.07, 6.45) is 52.6. The molecule has 0 spiro atoms. The number of hydrogen-bond donors (Lipinski definition) is 1. The second-order valence-electron chi connectivity index (χ2n) is 13.0. The van der Waals surface area contributed by atoms with Gasteiger partial charge in [-0.15, -0.1) is 0 Å². The molecule has 280 valence electrons. The fourth-order valence-corrected chi connectivity index (χ4v) is 5.26. The second-order valence-corrected chi connectivity index (χ2v) is 13.0. The Morgan fingerprint density at radius 3 is 1.33 bits per heavy atom. The molecule has 0 aliphatic rings. The minimum atomic E-state index is -0.775. The zero-order valence-electron chi connectivity index (χ0n) is 31.7. The van der Waals surface area contributed by atoms with E-state index in [1.54, 1.807) is 0 Å². The number of aliphatic hydroxyl groups excluding tert-OH is 1. The third-order valence-electron chi connectivity index (χ3n) is 8.26. The highest BCUT2D eigenvalue weighted by Gasteiger charge is 2.16. The van der Waals surface area contributed by atoms with Crippen molar-refractivity contribution in [2.75, 3.05) is 13.2 Å². The van der Waals surface area contributed by atoms with E-state index in [0.29, 0.717) is 12.8 Å². The summed E-state index contributed by atoms with van der Waals surface area (Å²) < 4.78 is 10.5. The van der Waals surface area contributed by atoms with Gasteiger partial charge in [0.05, 0.1) is 6.61 Å². The van der Waals surface area contributed by atoms with Gasteiger partial charge in [0.15, 0.2) is 6.10 Å². The number of carbonyl (C=O) groups excluding carboxylic acids is 2. The van der Waals surface area contributed by atoms with Crippen molar-refractivity contribution >= 4 is 11.9 Å². The number of ether oxygens (including phenoxy) is 2. The maximum absolute atomic E-state index is 12.1. The predicted octanol–water partition coefficient (Wildman–Crippen LogP) is 12.6. The lowest BCUT2D eigenvalue weighted by Gasteiger charge is -2.15. The molecule has 0 aliphatic heterocycles. The van der Waals surface area contributed by atoms with Crippen LogP contribution in [0.1, 0.15) is 174 Å². The van der Waals surface area contributed by atoms with Crippen LogP contribution < -0.4 is 0 Å². The molecule has 5 heteroatoms. The van der Waals surface area contributed by atoms with Crippen LogP contribution in [0.25, 0.3) is 0 Å². The van der Waals surface area contributed by atoms with E-state index in [1.807, 2.05) is 0 Å². The van der Waals surface area contributed by atoms with Crippen molar-refractivity contribution < 1.29 is 24.2 Å².